The van der Waals surface area contributed by atoms with Crippen LogP contribution in [-0.4, -0.2) is 42.4 Å². The molecular formula is C23H28F2N4O2Si. The van der Waals surface area contributed by atoms with Gasteiger partial charge in [-0.05, 0) is 35.4 Å². The van der Waals surface area contributed by atoms with Gasteiger partial charge in [-0.15, -0.1) is 0 Å². The van der Waals surface area contributed by atoms with E-state index >= 15 is 0 Å². The first-order valence-electron chi connectivity index (χ1n) is 10.7. The van der Waals surface area contributed by atoms with Gasteiger partial charge in [-0.1, -0.05) is 31.8 Å². The van der Waals surface area contributed by atoms with Crippen LogP contribution >= 0.6 is 0 Å². The molecule has 0 bridgehead atoms. The molecule has 3 heterocycles. The van der Waals surface area contributed by atoms with E-state index in [1.807, 2.05) is 29.3 Å². The zero-order valence-corrected chi connectivity index (χ0v) is 19.6. The topological polar surface area (TPSA) is 59.4 Å². The molecule has 170 valence electrons. The first-order chi connectivity index (χ1) is 15.2. The first-order valence-corrected chi connectivity index (χ1v) is 14.4. The van der Waals surface area contributed by atoms with Crippen LogP contribution in [-0.2, 0) is 17.8 Å². The van der Waals surface area contributed by atoms with Crippen molar-refractivity contribution >= 4 is 24.7 Å². The summed E-state index contributed by atoms with van der Waals surface area (Å²) in [4.78, 5) is 17.2. The van der Waals surface area contributed by atoms with E-state index in [4.69, 9.17) is 4.74 Å². The molecule has 0 amide bonds. The molecule has 1 aromatic carbocycles. The van der Waals surface area contributed by atoms with Crippen molar-refractivity contribution in [2.45, 2.75) is 45.2 Å². The van der Waals surface area contributed by atoms with Crippen molar-refractivity contribution in [3.8, 4) is 11.1 Å². The number of alkyl halides is 2. The number of aromatic nitrogens is 2. The van der Waals surface area contributed by atoms with Crippen molar-refractivity contribution in [2.75, 3.05) is 18.8 Å². The van der Waals surface area contributed by atoms with Gasteiger partial charge in [0.25, 0.3) is 12.0 Å². The van der Waals surface area contributed by atoms with E-state index in [1.54, 1.807) is 18.5 Å². The summed E-state index contributed by atoms with van der Waals surface area (Å²) in [5.74, 6) is 0. The largest absolute Gasteiger partial charge is 0.365 e. The minimum Gasteiger partial charge on any atom is -0.365 e. The van der Waals surface area contributed by atoms with Gasteiger partial charge in [0.15, 0.2) is 0 Å². The van der Waals surface area contributed by atoms with E-state index in [-0.39, 0.29) is 0 Å². The molecule has 6 nitrogen and oxygen atoms in total. The standard InChI is InChI=1S/C23H28F2N4O2Si/c1-32(2,3)11-10-31-15-28-13-19-22(27-28)18-5-4-17(16-6-8-26-9-7-16)12-20(18)29(23(19)30)14-21(24)25/h4-9,12,21,27H,10-11,13-15H2,1-3H3. The second kappa shape index (κ2) is 9.09. The molecule has 0 atom stereocenters. The fourth-order valence-electron chi connectivity index (χ4n) is 3.85. The summed E-state index contributed by atoms with van der Waals surface area (Å²) in [6.07, 6.45) is 0.723. The highest BCUT2D eigenvalue weighted by Crippen LogP contribution is 2.33. The van der Waals surface area contributed by atoms with Crippen LogP contribution in [0.25, 0.3) is 22.0 Å². The molecule has 3 aromatic rings. The van der Waals surface area contributed by atoms with Gasteiger partial charge >= 0.3 is 0 Å². The third-order valence-electron chi connectivity index (χ3n) is 5.56. The van der Waals surface area contributed by atoms with Gasteiger partial charge in [-0.3, -0.25) is 9.78 Å². The van der Waals surface area contributed by atoms with Gasteiger partial charge in [0.05, 0.1) is 29.9 Å². The minimum atomic E-state index is -2.63. The number of fused-ring (bicyclic) bond motifs is 3. The third kappa shape index (κ3) is 4.90. The lowest BCUT2D eigenvalue weighted by molar-refractivity contribution is 0.0500. The van der Waals surface area contributed by atoms with E-state index in [2.05, 4.69) is 30.1 Å². The van der Waals surface area contributed by atoms with Gasteiger partial charge in [0, 0.05) is 32.5 Å². The first kappa shape index (κ1) is 22.6. The molecule has 0 spiro atoms. The highest BCUT2D eigenvalue weighted by Gasteiger charge is 2.27. The Kier molecular flexibility index (Phi) is 6.41. The molecule has 0 aliphatic carbocycles. The van der Waals surface area contributed by atoms with Crippen molar-refractivity contribution in [3.05, 3.63) is 58.6 Å². The second-order valence-corrected chi connectivity index (χ2v) is 14.9. The smallest absolute Gasteiger partial charge is 0.257 e. The highest BCUT2D eigenvalue weighted by atomic mass is 28.3. The molecule has 9 heteroatoms. The lowest BCUT2D eigenvalue weighted by Crippen LogP contribution is -2.29. The van der Waals surface area contributed by atoms with Crippen LogP contribution in [0, 0.1) is 0 Å². The summed E-state index contributed by atoms with van der Waals surface area (Å²) >= 11 is 0. The van der Waals surface area contributed by atoms with Gasteiger partial charge in [0.1, 0.15) is 6.73 Å². The number of nitrogens with one attached hydrogen (secondary N) is 1. The molecule has 0 saturated carbocycles. The Labute approximate surface area is 186 Å². The van der Waals surface area contributed by atoms with E-state index in [1.165, 1.54) is 4.57 Å². The Morgan fingerprint density at radius 2 is 1.91 bits per heavy atom. The van der Waals surface area contributed by atoms with Crippen molar-refractivity contribution in [2.24, 2.45) is 0 Å². The maximum absolute atomic E-state index is 13.4. The average molecular weight is 459 g/mol. The number of rotatable bonds is 8. The number of halogens is 2. The SMILES string of the molecule is C[Si](C)(C)CCOCN1Cc2c(c3ccc(-c4ccncc4)cc3n(CC(F)F)c2=O)N1. The molecule has 1 aliphatic heterocycles. The van der Waals surface area contributed by atoms with Crippen molar-refractivity contribution < 1.29 is 13.5 Å². The molecule has 0 unspecified atom stereocenters. The van der Waals surface area contributed by atoms with Crippen LogP contribution in [0.15, 0.2) is 47.5 Å². The van der Waals surface area contributed by atoms with Crippen LogP contribution in [0.4, 0.5) is 14.5 Å². The number of benzene rings is 1. The minimum absolute atomic E-state index is 0.312. The van der Waals surface area contributed by atoms with Crippen LogP contribution < -0.4 is 11.0 Å². The molecule has 0 radical (unpaired) electrons. The quantitative estimate of drug-likeness (QED) is 0.389. The van der Waals surface area contributed by atoms with E-state index in [9.17, 15) is 13.6 Å². The van der Waals surface area contributed by atoms with Gasteiger partial charge in [-0.25, -0.2) is 8.78 Å². The molecule has 4 rings (SSSR count). The molecule has 2 aromatic heterocycles. The molecule has 0 saturated heterocycles. The van der Waals surface area contributed by atoms with Gasteiger partial charge in [-0.2, -0.15) is 5.01 Å². The summed E-state index contributed by atoms with van der Waals surface area (Å²) in [6.45, 7) is 7.52. The Morgan fingerprint density at radius 3 is 2.59 bits per heavy atom. The Balaban J connectivity index is 1.68. The van der Waals surface area contributed by atoms with E-state index in [0.29, 0.717) is 36.6 Å². The number of pyridine rings is 2. The molecule has 1 aliphatic rings. The van der Waals surface area contributed by atoms with Crippen LogP contribution in [0.2, 0.25) is 25.7 Å². The van der Waals surface area contributed by atoms with Crippen LogP contribution in [0.5, 0.6) is 0 Å². The normalized spacial score (nSPS) is 14.2. The zero-order valence-electron chi connectivity index (χ0n) is 18.6. The Morgan fingerprint density at radius 1 is 1.16 bits per heavy atom. The number of ether oxygens (including phenoxy) is 1. The van der Waals surface area contributed by atoms with E-state index in [0.717, 1.165) is 22.6 Å². The number of anilines is 1. The fourth-order valence-corrected chi connectivity index (χ4v) is 4.60. The predicted octanol–water partition coefficient (Wildman–Crippen LogP) is 4.78. The summed E-state index contributed by atoms with van der Waals surface area (Å²) in [5.41, 5.74) is 6.26. The van der Waals surface area contributed by atoms with Crippen LogP contribution in [0.1, 0.15) is 5.56 Å². The lowest BCUT2D eigenvalue weighted by atomic mass is 10.0. The summed E-state index contributed by atoms with van der Waals surface area (Å²) in [7, 11) is -1.19. The average Bonchev–Trinajstić information content (AvgIpc) is 3.18. The maximum Gasteiger partial charge on any atom is 0.257 e. The fraction of sp³-hybridized carbons (Fsp3) is 0.391. The molecule has 32 heavy (non-hydrogen) atoms. The highest BCUT2D eigenvalue weighted by molar-refractivity contribution is 6.76. The summed E-state index contributed by atoms with van der Waals surface area (Å²) < 4.78 is 33.8. The second-order valence-electron chi connectivity index (χ2n) is 9.29. The summed E-state index contributed by atoms with van der Waals surface area (Å²) in [6, 6.07) is 10.4. The number of hydrogen-bond acceptors (Lipinski definition) is 5. The molecular weight excluding hydrogens is 430 g/mol. The van der Waals surface area contributed by atoms with Crippen molar-refractivity contribution in [3.63, 3.8) is 0 Å². The number of nitrogens with zero attached hydrogens (tertiary/aromatic N) is 3. The van der Waals surface area contributed by atoms with Gasteiger partial charge < -0.3 is 14.7 Å². The zero-order chi connectivity index (χ0) is 22.9. The lowest BCUT2D eigenvalue weighted by Gasteiger charge is -2.19. The van der Waals surface area contributed by atoms with Crippen molar-refractivity contribution in [1.29, 1.82) is 0 Å². The number of hydrazine groups is 1. The molecule has 1 N–H and O–H groups in total. The van der Waals surface area contributed by atoms with E-state index < -0.39 is 26.6 Å². The Bertz CT molecular complexity index is 1160. The van der Waals surface area contributed by atoms with Gasteiger partial charge in [0.2, 0.25) is 0 Å². The molecule has 0 fully saturated rings. The Hall–Kier alpha value is -2.62. The van der Waals surface area contributed by atoms with Crippen molar-refractivity contribution in [1.82, 2.24) is 14.6 Å². The number of hydrogen-bond donors (Lipinski definition) is 1. The van der Waals surface area contributed by atoms with Crippen LogP contribution in [0.3, 0.4) is 0 Å². The monoisotopic (exact) mass is 458 g/mol. The predicted molar refractivity (Wildman–Crippen MR) is 126 cm³/mol. The maximum atomic E-state index is 13.4. The summed E-state index contributed by atoms with van der Waals surface area (Å²) in [5, 5.41) is 2.56. The third-order valence-corrected chi connectivity index (χ3v) is 7.26.